The van der Waals surface area contributed by atoms with Gasteiger partial charge in [-0.25, -0.2) is 0 Å². The van der Waals surface area contributed by atoms with Gasteiger partial charge >= 0.3 is 0 Å². The van der Waals surface area contributed by atoms with Crippen LogP contribution in [0.2, 0.25) is 0 Å². The number of rotatable bonds is 5. The second-order valence-corrected chi connectivity index (χ2v) is 6.16. The summed E-state index contributed by atoms with van der Waals surface area (Å²) in [5, 5.41) is 3.73. The summed E-state index contributed by atoms with van der Waals surface area (Å²) in [6.07, 6.45) is 6.76. The highest BCUT2D eigenvalue weighted by Gasteiger charge is 2.36. The Hall–Kier alpha value is -0.820. The van der Waals surface area contributed by atoms with E-state index in [1.807, 2.05) is 0 Å². The molecule has 1 aliphatic rings. The fourth-order valence-electron chi connectivity index (χ4n) is 3.42. The highest BCUT2D eigenvalue weighted by atomic mass is 14.9. The quantitative estimate of drug-likeness (QED) is 0.823. The maximum atomic E-state index is 3.73. The van der Waals surface area contributed by atoms with Crippen molar-refractivity contribution in [1.82, 2.24) is 5.32 Å². The molecule has 1 aromatic rings. The van der Waals surface area contributed by atoms with Gasteiger partial charge < -0.3 is 5.32 Å². The summed E-state index contributed by atoms with van der Waals surface area (Å²) < 4.78 is 0. The van der Waals surface area contributed by atoms with E-state index in [4.69, 9.17) is 0 Å². The van der Waals surface area contributed by atoms with E-state index in [-0.39, 0.29) is 0 Å². The van der Waals surface area contributed by atoms with Crippen molar-refractivity contribution >= 4 is 0 Å². The molecule has 100 valence electrons. The Morgan fingerprint density at radius 2 is 2.00 bits per heavy atom. The van der Waals surface area contributed by atoms with Crippen LogP contribution in [0.1, 0.15) is 50.7 Å². The molecule has 0 aliphatic heterocycles. The molecule has 1 unspecified atom stereocenters. The summed E-state index contributed by atoms with van der Waals surface area (Å²) in [5.74, 6) is 0. The van der Waals surface area contributed by atoms with E-state index in [2.05, 4.69) is 50.4 Å². The second-order valence-electron chi connectivity index (χ2n) is 6.16. The minimum Gasteiger partial charge on any atom is -0.313 e. The normalized spacial score (nSPS) is 19.9. The minimum atomic E-state index is 0.500. The summed E-state index contributed by atoms with van der Waals surface area (Å²) in [6, 6.07) is 9.61. The van der Waals surface area contributed by atoms with Gasteiger partial charge in [-0.1, -0.05) is 56.5 Å². The summed E-state index contributed by atoms with van der Waals surface area (Å²) in [4.78, 5) is 0. The highest BCUT2D eigenvalue weighted by Crippen LogP contribution is 2.41. The molecule has 2 rings (SSSR count). The molecule has 1 saturated carbocycles. The molecule has 0 radical (unpaired) electrons. The Bertz CT molecular complexity index is 377. The number of aryl methyl sites for hydroxylation is 1. The first-order valence-corrected chi connectivity index (χ1v) is 7.43. The molecule has 18 heavy (non-hydrogen) atoms. The predicted molar refractivity (Wildman–Crippen MR) is 78.9 cm³/mol. The Morgan fingerprint density at radius 3 is 2.61 bits per heavy atom. The third-order valence-electron chi connectivity index (χ3n) is 4.56. The van der Waals surface area contributed by atoms with E-state index in [1.165, 1.54) is 43.2 Å². The molecule has 1 N–H and O–H groups in total. The lowest BCUT2D eigenvalue weighted by Gasteiger charge is -2.35. The van der Waals surface area contributed by atoms with Crippen LogP contribution in [-0.4, -0.2) is 12.6 Å². The SMILES string of the molecule is CCNC(Cc1cccc(C)c1)C1(C)CCCC1. The molecule has 0 spiro atoms. The first-order chi connectivity index (χ1) is 8.64. The van der Waals surface area contributed by atoms with Gasteiger partial charge in [0, 0.05) is 6.04 Å². The molecule has 1 atom stereocenters. The standard InChI is InChI=1S/C17H27N/c1-4-18-16(17(3)10-5-6-11-17)13-15-9-7-8-14(2)12-15/h7-9,12,16,18H,4-6,10-11,13H2,1-3H3. The van der Waals surface area contributed by atoms with Crippen molar-refractivity contribution < 1.29 is 0 Å². The molecule has 1 aliphatic carbocycles. The van der Waals surface area contributed by atoms with Crippen LogP contribution >= 0.6 is 0 Å². The van der Waals surface area contributed by atoms with Crippen LogP contribution in [-0.2, 0) is 6.42 Å². The minimum absolute atomic E-state index is 0.500. The predicted octanol–water partition coefficient (Wildman–Crippen LogP) is 4.10. The molecule has 0 saturated heterocycles. The zero-order valence-corrected chi connectivity index (χ0v) is 12.1. The van der Waals surface area contributed by atoms with Crippen LogP contribution < -0.4 is 5.32 Å². The molecule has 0 aromatic heterocycles. The first kappa shape index (κ1) is 13.6. The van der Waals surface area contributed by atoms with Gasteiger partial charge in [0.15, 0.2) is 0 Å². The molecule has 0 bridgehead atoms. The van der Waals surface area contributed by atoms with Crippen LogP contribution in [0.3, 0.4) is 0 Å². The average molecular weight is 245 g/mol. The number of likely N-dealkylation sites (N-methyl/N-ethyl adjacent to an activating group) is 1. The van der Waals surface area contributed by atoms with Gasteiger partial charge in [0.05, 0.1) is 0 Å². The van der Waals surface area contributed by atoms with Crippen LogP contribution in [0.4, 0.5) is 0 Å². The van der Waals surface area contributed by atoms with Gasteiger partial charge in [0.25, 0.3) is 0 Å². The lowest BCUT2D eigenvalue weighted by molar-refractivity contribution is 0.222. The zero-order valence-electron chi connectivity index (χ0n) is 12.1. The smallest absolute Gasteiger partial charge is 0.0161 e. The van der Waals surface area contributed by atoms with E-state index < -0.39 is 0 Å². The topological polar surface area (TPSA) is 12.0 Å². The lowest BCUT2D eigenvalue weighted by Crippen LogP contribution is -2.43. The van der Waals surface area contributed by atoms with Crippen LogP contribution in [0.5, 0.6) is 0 Å². The molecular formula is C17H27N. The summed E-state index contributed by atoms with van der Waals surface area (Å²) >= 11 is 0. The summed E-state index contributed by atoms with van der Waals surface area (Å²) in [5.41, 5.74) is 3.35. The van der Waals surface area contributed by atoms with Crippen molar-refractivity contribution in [3.8, 4) is 0 Å². The number of nitrogens with one attached hydrogen (secondary N) is 1. The van der Waals surface area contributed by atoms with E-state index in [0.29, 0.717) is 11.5 Å². The Morgan fingerprint density at radius 1 is 1.28 bits per heavy atom. The lowest BCUT2D eigenvalue weighted by atomic mass is 9.77. The monoisotopic (exact) mass is 245 g/mol. The largest absolute Gasteiger partial charge is 0.313 e. The van der Waals surface area contributed by atoms with E-state index >= 15 is 0 Å². The Kier molecular flexibility index (Phi) is 4.45. The molecule has 0 heterocycles. The number of hydrogen-bond donors (Lipinski definition) is 1. The third-order valence-corrected chi connectivity index (χ3v) is 4.56. The number of benzene rings is 1. The van der Waals surface area contributed by atoms with Gasteiger partial charge in [-0.3, -0.25) is 0 Å². The van der Waals surface area contributed by atoms with E-state index in [0.717, 1.165) is 6.54 Å². The fraction of sp³-hybridized carbons (Fsp3) is 0.647. The Labute approximate surface area is 112 Å². The number of hydrogen-bond acceptors (Lipinski definition) is 1. The maximum Gasteiger partial charge on any atom is 0.0161 e. The van der Waals surface area contributed by atoms with Crippen molar-refractivity contribution in [2.75, 3.05) is 6.54 Å². The van der Waals surface area contributed by atoms with Crippen molar-refractivity contribution in [2.45, 2.75) is 58.9 Å². The molecule has 1 fully saturated rings. The van der Waals surface area contributed by atoms with Gasteiger partial charge in [0.1, 0.15) is 0 Å². The molecule has 1 aromatic carbocycles. The van der Waals surface area contributed by atoms with Crippen molar-refractivity contribution in [3.63, 3.8) is 0 Å². The first-order valence-electron chi connectivity index (χ1n) is 7.43. The van der Waals surface area contributed by atoms with Gasteiger partial charge in [0.2, 0.25) is 0 Å². The molecule has 0 amide bonds. The van der Waals surface area contributed by atoms with Crippen LogP contribution in [0, 0.1) is 12.3 Å². The fourth-order valence-corrected chi connectivity index (χ4v) is 3.42. The van der Waals surface area contributed by atoms with Gasteiger partial charge in [-0.05, 0) is 43.7 Å². The summed E-state index contributed by atoms with van der Waals surface area (Å²) in [6.45, 7) is 7.96. The average Bonchev–Trinajstić information content (AvgIpc) is 2.77. The second kappa shape index (κ2) is 5.88. The van der Waals surface area contributed by atoms with Crippen molar-refractivity contribution in [1.29, 1.82) is 0 Å². The maximum absolute atomic E-state index is 3.73. The molecule has 1 heteroatoms. The van der Waals surface area contributed by atoms with Gasteiger partial charge in [-0.2, -0.15) is 0 Å². The van der Waals surface area contributed by atoms with E-state index in [1.54, 1.807) is 0 Å². The van der Waals surface area contributed by atoms with Gasteiger partial charge in [-0.15, -0.1) is 0 Å². The van der Waals surface area contributed by atoms with Crippen molar-refractivity contribution in [2.24, 2.45) is 5.41 Å². The molecule has 1 nitrogen and oxygen atoms in total. The van der Waals surface area contributed by atoms with E-state index in [9.17, 15) is 0 Å². The highest BCUT2D eigenvalue weighted by molar-refractivity contribution is 5.23. The van der Waals surface area contributed by atoms with Crippen molar-refractivity contribution in [3.05, 3.63) is 35.4 Å². The Balaban J connectivity index is 2.10. The zero-order chi connectivity index (χ0) is 13.0. The molecular weight excluding hydrogens is 218 g/mol. The summed E-state index contributed by atoms with van der Waals surface area (Å²) in [7, 11) is 0. The van der Waals surface area contributed by atoms with Crippen LogP contribution in [0.25, 0.3) is 0 Å². The van der Waals surface area contributed by atoms with Crippen LogP contribution in [0.15, 0.2) is 24.3 Å². The third kappa shape index (κ3) is 3.14.